The van der Waals surface area contributed by atoms with Gasteiger partial charge in [0, 0.05) is 10.0 Å². The van der Waals surface area contributed by atoms with Gasteiger partial charge in [0.1, 0.15) is 0 Å². The second-order valence-electron chi connectivity index (χ2n) is 3.20. The first kappa shape index (κ1) is 15.0. The molecule has 0 aromatic heterocycles. The van der Waals surface area contributed by atoms with Crippen molar-refractivity contribution in [3.63, 3.8) is 0 Å². The van der Waals surface area contributed by atoms with Gasteiger partial charge in [0.05, 0.1) is 12.1 Å². The molecule has 1 aromatic rings. The summed E-state index contributed by atoms with van der Waals surface area (Å²) in [6.07, 6.45) is 0.0372. The first-order chi connectivity index (χ1) is 6.54. The number of benzene rings is 1. The van der Waals surface area contributed by atoms with Crippen molar-refractivity contribution in [3.8, 4) is 0 Å². The van der Waals surface area contributed by atoms with Gasteiger partial charge in [-0.05, 0) is 30.2 Å². The maximum absolute atomic E-state index is 9.55. The van der Waals surface area contributed by atoms with Crippen molar-refractivity contribution >= 4 is 35.6 Å². The molecule has 0 bridgehead atoms. The Morgan fingerprint density at radius 1 is 1.27 bits per heavy atom. The van der Waals surface area contributed by atoms with Gasteiger partial charge in [-0.3, -0.25) is 0 Å². The molecule has 0 unspecified atom stereocenters. The lowest BCUT2D eigenvalue weighted by atomic mass is 10.0. The summed E-state index contributed by atoms with van der Waals surface area (Å²) in [5.74, 6) is 0. The molecule has 0 aliphatic heterocycles. The zero-order valence-corrected chi connectivity index (χ0v) is 10.6. The topological polar surface area (TPSA) is 46.2 Å². The van der Waals surface area contributed by atoms with E-state index in [1.165, 1.54) is 0 Å². The summed E-state index contributed by atoms with van der Waals surface area (Å²) in [7, 11) is 0. The van der Waals surface area contributed by atoms with Crippen LogP contribution < -0.4 is 5.73 Å². The van der Waals surface area contributed by atoms with Crippen LogP contribution in [0.2, 0.25) is 10.0 Å². The number of halogens is 3. The SMILES string of the molecule is CC[C@H](O)[C@H](N)c1cc(Cl)cc(Cl)c1.Cl. The molecule has 0 aliphatic rings. The van der Waals surface area contributed by atoms with Crippen LogP contribution >= 0.6 is 35.6 Å². The molecule has 0 saturated heterocycles. The Morgan fingerprint density at radius 3 is 2.13 bits per heavy atom. The van der Waals surface area contributed by atoms with E-state index in [0.717, 1.165) is 5.56 Å². The van der Waals surface area contributed by atoms with E-state index in [4.69, 9.17) is 28.9 Å². The minimum Gasteiger partial charge on any atom is -0.391 e. The van der Waals surface area contributed by atoms with Gasteiger partial charge in [0.2, 0.25) is 0 Å². The predicted octanol–water partition coefficient (Wildman–Crippen LogP) is 3.19. The van der Waals surface area contributed by atoms with Gasteiger partial charge in [-0.25, -0.2) is 0 Å². The standard InChI is InChI=1S/C10H13Cl2NO.ClH/c1-2-9(14)10(13)6-3-7(11)5-8(12)4-6;/h3-5,9-10,14H,2,13H2,1H3;1H/t9-,10+;/m0./s1. The molecule has 0 amide bonds. The van der Waals surface area contributed by atoms with Crippen LogP contribution in [0.1, 0.15) is 24.9 Å². The van der Waals surface area contributed by atoms with Crippen LogP contribution in [0.4, 0.5) is 0 Å². The van der Waals surface area contributed by atoms with E-state index in [9.17, 15) is 5.11 Å². The summed E-state index contributed by atoms with van der Waals surface area (Å²) in [6.45, 7) is 1.87. The largest absolute Gasteiger partial charge is 0.391 e. The Morgan fingerprint density at radius 2 is 1.73 bits per heavy atom. The van der Waals surface area contributed by atoms with Crippen molar-refractivity contribution in [2.75, 3.05) is 0 Å². The second-order valence-corrected chi connectivity index (χ2v) is 4.08. The van der Waals surface area contributed by atoms with Gasteiger partial charge >= 0.3 is 0 Å². The maximum Gasteiger partial charge on any atom is 0.0730 e. The van der Waals surface area contributed by atoms with Gasteiger partial charge in [-0.1, -0.05) is 30.1 Å². The normalized spacial score (nSPS) is 14.2. The average Bonchev–Trinajstić information content (AvgIpc) is 2.14. The fraction of sp³-hybridized carbons (Fsp3) is 0.400. The highest BCUT2D eigenvalue weighted by molar-refractivity contribution is 6.34. The number of hydrogen-bond acceptors (Lipinski definition) is 2. The number of nitrogens with two attached hydrogens (primary N) is 1. The lowest BCUT2D eigenvalue weighted by molar-refractivity contribution is 0.141. The van der Waals surface area contributed by atoms with Gasteiger partial charge in [-0.15, -0.1) is 12.4 Å². The third-order valence-corrected chi connectivity index (χ3v) is 2.54. The Bertz CT molecular complexity index is 299. The van der Waals surface area contributed by atoms with E-state index in [1.807, 2.05) is 6.92 Å². The quantitative estimate of drug-likeness (QED) is 0.886. The van der Waals surface area contributed by atoms with Crippen molar-refractivity contribution in [2.45, 2.75) is 25.5 Å². The van der Waals surface area contributed by atoms with Crippen molar-refractivity contribution in [3.05, 3.63) is 33.8 Å². The van der Waals surface area contributed by atoms with Crippen molar-refractivity contribution in [1.82, 2.24) is 0 Å². The molecular weight excluding hydrogens is 256 g/mol. The van der Waals surface area contributed by atoms with Crippen molar-refractivity contribution < 1.29 is 5.11 Å². The van der Waals surface area contributed by atoms with E-state index in [2.05, 4.69) is 0 Å². The number of rotatable bonds is 3. The molecule has 1 aromatic carbocycles. The minimum absolute atomic E-state index is 0. The number of aliphatic hydroxyl groups excluding tert-OH is 1. The average molecular weight is 271 g/mol. The van der Waals surface area contributed by atoms with Crippen LogP contribution in [0.5, 0.6) is 0 Å². The summed E-state index contributed by atoms with van der Waals surface area (Å²) in [6, 6.07) is 4.64. The zero-order valence-electron chi connectivity index (χ0n) is 8.28. The van der Waals surface area contributed by atoms with Gasteiger partial charge < -0.3 is 10.8 Å². The van der Waals surface area contributed by atoms with Crippen LogP contribution in [0, 0.1) is 0 Å². The molecule has 2 atom stereocenters. The third-order valence-electron chi connectivity index (χ3n) is 2.10. The minimum atomic E-state index is -0.565. The first-order valence-electron chi connectivity index (χ1n) is 4.44. The smallest absolute Gasteiger partial charge is 0.0730 e. The van der Waals surface area contributed by atoms with Gasteiger partial charge in [-0.2, -0.15) is 0 Å². The molecule has 0 saturated carbocycles. The lowest BCUT2D eigenvalue weighted by Crippen LogP contribution is -2.25. The number of aliphatic hydroxyl groups is 1. The summed E-state index contributed by atoms with van der Waals surface area (Å²) in [5.41, 5.74) is 6.58. The predicted molar refractivity (Wildman–Crippen MR) is 66.9 cm³/mol. The van der Waals surface area contributed by atoms with Crippen LogP contribution in [0.25, 0.3) is 0 Å². The van der Waals surface area contributed by atoms with Crippen LogP contribution in [-0.4, -0.2) is 11.2 Å². The molecule has 3 N–H and O–H groups in total. The molecular formula is C10H14Cl3NO. The molecule has 86 valence electrons. The van der Waals surface area contributed by atoms with Crippen LogP contribution in [-0.2, 0) is 0 Å². The van der Waals surface area contributed by atoms with Gasteiger partial charge in [0.15, 0.2) is 0 Å². The highest BCUT2D eigenvalue weighted by Gasteiger charge is 2.15. The van der Waals surface area contributed by atoms with Crippen LogP contribution in [0.15, 0.2) is 18.2 Å². The Balaban J connectivity index is 0.00000196. The highest BCUT2D eigenvalue weighted by atomic mass is 35.5. The summed E-state index contributed by atoms with van der Waals surface area (Å²) in [4.78, 5) is 0. The van der Waals surface area contributed by atoms with E-state index < -0.39 is 12.1 Å². The number of hydrogen-bond donors (Lipinski definition) is 2. The molecule has 15 heavy (non-hydrogen) atoms. The Kier molecular flexibility index (Phi) is 6.57. The summed E-state index contributed by atoms with van der Waals surface area (Å²) < 4.78 is 0. The van der Waals surface area contributed by atoms with Crippen LogP contribution in [0.3, 0.4) is 0 Å². The molecule has 2 nitrogen and oxygen atoms in total. The van der Waals surface area contributed by atoms with Crippen molar-refractivity contribution in [2.24, 2.45) is 5.73 Å². The molecule has 0 radical (unpaired) electrons. The van der Waals surface area contributed by atoms with Gasteiger partial charge in [0.25, 0.3) is 0 Å². The molecule has 5 heteroatoms. The van der Waals surface area contributed by atoms with E-state index in [0.29, 0.717) is 16.5 Å². The maximum atomic E-state index is 9.55. The second kappa shape index (κ2) is 6.56. The first-order valence-corrected chi connectivity index (χ1v) is 5.19. The molecule has 0 fully saturated rings. The monoisotopic (exact) mass is 269 g/mol. The zero-order chi connectivity index (χ0) is 10.7. The Labute approximate surface area is 106 Å². The van der Waals surface area contributed by atoms with E-state index in [1.54, 1.807) is 18.2 Å². The molecule has 0 aliphatic carbocycles. The molecule has 0 spiro atoms. The summed E-state index contributed by atoms with van der Waals surface area (Å²) >= 11 is 11.6. The molecule has 0 heterocycles. The van der Waals surface area contributed by atoms with E-state index >= 15 is 0 Å². The third kappa shape index (κ3) is 4.17. The Hall–Kier alpha value is 0.01000. The van der Waals surface area contributed by atoms with E-state index in [-0.39, 0.29) is 12.4 Å². The summed E-state index contributed by atoms with van der Waals surface area (Å²) in [5, 5.41) is 10.6. The fourth-order valence-electron chi connectivity index (χ4n) is 1.24. The van der Waals surface area contributed by atoms with Crippen molar-refractivity contribution in [1.29, 1.82) is 0 Å². The molecule has 1 rings (SSSR count). The lowest BCUT2D eigenvalue weighted by Gasteiger charge is -2.18. The fourth-order valence-corrected chi connectivity index (χ4v) is 1.79. The highest BCUT2D eigenvalue weighted by Crippen LogP contribution is 2.24.